The normalized spacial score (nSPS) is 14.9. The standard InChI is InChI=1S/C6H12BFO3/c1-2-5(7)11-6(8,3-9)4-10/h5,9-10H,2-4H2,1H3/t5-/m1/s1. The molecule has 0 rings (SSSR count). The molecule has 0 aliphatic carbocycles. The largest absolute Gasteiger partial charge is 0.390 e. The summed E-state index contributed by atoms with van der Waals surface area (Å²) in [5.74, 6) is -2.41. The summed E-state index contributed by atoms with van der Waals surface area (Å²) >= 11 is 0. The van der Waals surface area contributed by atoms with Crippen LogP contribution in [0, 0.1) is 0 Å². The topological polar surface area (TPSA) is 49.7 Å². The molecule has 0 amide bonds. The van der Waals surface area contributed by atoms with Crippen LogP contribution in [-0.4, -0.2) is 43.1 Å². The average molecular weight is 162 g/mol. The third-order valence-electron chi connectivity index (χ3n) is 1.24. The van der Waals surface area contributed by atoms with E-state index in [1.165, 1.54) is 0 Å². The molecule has 0 aromatic rings. The average Bonchev–Trinajstić information content (AvgIpc) is 2.04. The first kappa shape index (κ1) is 10.9. The number of rotatable bonds is 5. The predicted molar refractivity (Wildman–Crippen MR) is 38.9 cm³/mol. The van der Waals surface area contributed by atoms with Crippen LogP contribution >= 0.6 is 0 Å². The van der Waals surface area contributed by atoms with Gasteiger partial charge in [0.1, 0.15) is 21.1 Å². The Hall–Kier alpha value is -0.125. The van der Waals surface area contributed by atoms with Crippen molar-refractivity contribution in [3.63, 3.8) is 0 Å². The second-order valence-electron chi connectivity index (χ2n) is 2.26. The Balaban J connectivity index is 3.86. The van der Waals surface area contributed by atoms with Crippen molar-refractivity contribution in [2.75, 3.05) is 13.2 Å². The number of ether oxygens (including phenoxy) is 1. The summed E-state index contributed by atoms with van der Waals surface area (Å²) in [6, 6.07) is -0.792. The van der Waals surface area contributed by atoms with Gasteiger partial charge in [-0.2, -0.15) is 0 Å². The number of hydrogen-bond acceptors (Lipinski definition) is 3. The van der Waals surface area contributed by atoms with Crippen LogP contribution in [0.25, 0.3) is 0 Å². The highest BCUT2D eigenvalue weighted by atomic mass is 19.2. The van der Waals surface area contributed by atoms with Gasteiger partial charge in [0.15, 0.2) is 0 Å². The molecule has 0 aliphatic rings. The molecule has 0 aromatic carbocycles. The molecule has 0 bridgehead atoms. The summed E-state index contributed by atoms with van der Waals surface area (Å²) in [6.45, 7) is -0.0752. The molecule has 0 spiro atoms. The van der Waals surface area contributed by atoms with Gasteiger partial charge in [-0.1, -0.05) is 6.92 Å². The zero-order valence-corrected chi connectivity index (χ0v) is 6.46. The Labute approximate surface area is 66.6 Å². The summed E-state index contributed by atoms with van der Waals surface area (Å²) in [5, 5.41) is 16.8. The van der Waals surface area contributed by atoms with Crippen molar-refractivity contribution >= 4 is 7.85 Å². The van der Waals surface area contributed by atoms with E-state index in [9.17, 15) is 4.39 Å². The van der Waals surface area contributed by atoms with E-state index in [1.54, 1.807) is 6.92 Å². The maximum atomic E-state index is 12.9. The maximum Gasteiger partial charge on any atom is 0.255 e. The van der Waals surface area contributed by atoms with Gasteiger partial charge in [0.25, 0.3) is 5.85 Å². The zero-order chi connectivity index (χ0) is 8.91. The zero-order valence-electron chi connectivity index (χ0n) is 6.46. The fraction of sp³-hybridized carbons (Fsp3) is 1.00. The molecule has 1 atom stereocenters. The van der Waals surface area contributed by atoms with Crippen LogP contribution in [0.2, 0.25) is 0 Å². The SMILES string of the molecule is [B][C@@H](CC)OC(F)(CO)CO. The van der Waals surface area contributed by atoms with E-state index in [-0.39, 0.29) is 0 Å². The third kappa shape index (κ3) is 3.69. The van der Waals surface area contributed by atoms with Crippen LogP contribution in [0.4, 0.5) is 4.39 Å². The summed E-state index contributed by atoms with van der Waals surface area (Å²) in [6.07, 6.45) is 0.422. The fourth-order valence-electron chi connectivity index (χ4n) is 0.479. The van der Waals surface area contributed by atoms with Gasteiger partial charge in [0.05, 0.1) is 0 Å². The quantitative estimate of drug-likeness (QED) is 0.538. The molecule has 0 fully saturated rings. The van der Waals surface area contributed by atoms with E-state index >= 15 is 0 Å². The Bertz CT molecular complexity index is 108. The number of aliphatic hydroxyl groups is 2. The van der Waals surface area contributed by atoms with E-state index in [0.29, 0.717) is 6.42 Å². The van der Waals surface area contributed by atoms with Crippen molar-refractivity contribution in [2.24, 2.45) is 0 Å². The summed E-state index contributed by atoms with van der Waals surface area (Å²) in [4.78, 5) is 0. The van der Waals surface area contributed by atoms with Crippen LogP contribution < -0.4 is 0 Å². The third-order valence-corrected chi connectivity index (χ3v) is 1.24. The summed E-state index contributed by atoms with van der Waals surface area (Å²) in [7, 11) is 5.23. The molecule has 5 heteroatoms. The van der Waals surface area contributed by atoms with Crippen molar-refractivity contribution in [3.05, 3.63) is 0 Å². The monoisotopic (exact) mass is 162 g/mol. The lowest BCUT2D eigenvalue weighted by Gasteiger charge is -2.24. The van der Waals surface area contributed by atoms with Crippen molar-refractivity contribution in [1.29, 1.82) is 0 Å². The van der Waals surface area contributed by atoms with Crippen molar-refractivity contribution in [1.82, 2.24) is 0 Å². The van der Waals surface area contributed by atoms with Crippen molar-refractivity contribution < 1.29 is 19.3 Å². The highest BCUT2D eigenvalue weighted by Gasteiger charge is 2.30. The van der Waals surface area contributed by atoms with E-state index < -0.39 is 25.1 Å². The van der Waals surface area contributed by atoms with E-state index in [4.69, 9.17) is 18.1 Å². The number of hydrogen-bond donors (Lipinski definition) is 2. The van der Waals surface area contributed by atoms with Crippen LogP contribution in [0.15, 0.2) is 0 Å². The van der Waals surface area contributed by atoms with Crippen LogP contribution in [0.5, 0.6) is 0 Å². The lowest BCUT2D eigenvalue weighted by atomic mass is 9.97. The lowest BCUT2D eigenvalue weighted by Crippen LogP contribution is -2.39. The number of aliphatic hydroxyl groups excluding tert-OH is 2. The predicted octanol–water partition coefficient (Wildman–Crippen LogP) is -0.442. The first-order valence-corrected chi connectivity index (χ1v) is 3.42. The summed E-state index contributed by atoms with van der Waals surface area (Å²) < 4.78 is 17.4. The molecule has 0 saturated carbocycles. The Kier molecular flexibility index (Phi) is 4.64. The van der Waals surface area contributed by atoms with Crippen LogP contribution in [0.3, 0.4) is 0 Å². The van der Waals surface area contributed by atoms with E-state index in [1.807, 2.05) is 0 Å². The van der Waals surface area contributed by atoms with Crippen molar-refractivity contribution in [2.45, 2.75) is 25.2 Å². The van der Waals surface area contributed by atoms with Gasteiger partial charge in [-0.25, -0.2) is 4.39 Å². The molecule has 3 nitrogen and oxygen atoms in total. The molecule has 0 unspecified atom stereocenters. The van der Waals surface area contributed by atoms with Gasteiger partial charge in [0.2, 0.25) is 0 Å². The van der Waals surface area contributed by atoms with Gasteiger partial charge < -0.3 is 14.9 Å². The van der Waals surface area contributed by atoms with Gasteiger partial charge in [-0.05, 0) is 6.42 Å². The van der Waals surface area contributed by atoms with Crippen molar-refractivity contribution in [3.8, 4) is 0 Å². The molecule has 0 aromatic heterocycles. The number of halogens is 1. The second-order valence-corrected chi connectivity index (χ2v) is 2.26. The van der Waals surface area contributed by atoms with Gasteiger partial charge in [-0.15, -0.1) is 0 Å². The minimum absolute atomic E-state index is 0.422. The Morgan fingerprint density at radius 3 is 2.27 bits per heavy atom. The molecule has 0 saturated heterocycles. The summed E-state index contributed by atoms with van der Waals surface area (Å²) in [5.41, 5.74) is 0. The smallest absolute Gasteiger partial charge is 0.255 e. The van der Waals surface area contributed by atoms with E-state index in [0.717, 1.165) is 0 Å². The molecule has 2 radical (unpaired) electrons. The molecule has 11 heavy (non-hydrogen) atoms. The first-order chi connectivity index (χ1) is 5.08. The molecular formula is C6H12BFO3. The van der Waals surface area contributed by atoms with Gasteiger partial charge >= 0.3 is 0 Å². The lowest BCUT2D eigenvalue weighted by molar-refractivity contribution is -0.202. The Morgan fingerprint density at radius 1 is 1.55 bits per heavy atom. The highest BCUT2D eigenvalue weighted by Crippen LogP contribution is 2.14. The minimum Gasteiger partial charge on any atom is -0.390 e. The van der Waals surface area contributed by atoms with Crippen LogP contribution in [0.1, 0.15) is 13.3 Å². The van der Waals surface area contributed by atoms with Gasteiger partial charge in [-0.3, -0.25) is 0 Å². The fourth-order valence-corrected chi connectivity index (χ4v) is 0.479. The maximum absolute atomic E-state index is 12.9. The molecule has 0 heterocycles. The second kappa shape index (κ2) is 4.69. The first-order valence-electron chi connectivity index (χ1n) is 3.42. The highest BCUT2D eigenvalue weighted by molar-refractivity contribution is 6.10. The van der Waals surface area contributed by atoms with E-state index in [2.05, 4.69) is 4.74 Å². The van der Waals surface area contributed by atoms with Gasteiger partial charge in [0, 0.05) is 6.00 Å². The molecule has 2 N–H and O–H groups in total. The van der Waals surface area contributed by atoms with Crippen LogP contribution in [-0.2, 0) is 4.74 Å². The number of alkyl halides is 1. The Morgan fingerprint density at radius 2 is 2.00 bits per heavy atom. The molecular weight excluding hydrogens is 150 g/mol. The molecule has 0 aliphatic heterocycles. The molecule has 64 valence electrons. The minimum atomic E-state index is -2.41.